The van der Waals surface area contributed by atoms with Crippen molar-refractivity contribution in [2.24, 2.45) is 11.8 Å². The van der Waals surface area contributed by atoms with E-state index in [9.17, 15) is 4.79 Å². The van der Waals surface area contributed by atoms with E-state index in [1.54, 1.807) is 12.4 Å². The molecule has 0 saturated carbocycles. The van der Waals surface area contributed by atoms with Crippen LogP contribution in [0.25, 0.3) is 0 Å². The van der Waals surface area contributed by atoms with E-state index in [1.807, 2.05) is 23.0 Å². The van der Waals surface area contributed by atoms with Gasteiger partial charge in [0.05, 0.1) is 18.2 Å². The van der Waals surface area contributed by atoms with E-state index in [1.165, 1.54) is 0 Å². The Bertz CT molecular complexity index is 765. The average Bonchev–Trinajstić information content (AvgIpc) is 3.14. The third kappa shape index (κ3) is 4.17. The van der Waals surface area contributed by atoms with Gasteiger partial charge in [-0.15, -0.1) is 5.10 Å². The maximum absolute atomic E-state index is 12.7. The molecule has 8 nitrogen and oxygen atoms in total. The van der Waals surface area contributed by atoms with Gasteiger partial charge in [-0.3, -0.25) is 19.4 Å². The first-order valence-electron chi connectivity index (χ1n) is 9.63. The topological polar surface area (TPSA) is 96.2 Å². The molecule has 2 aromatic rings. The van der Waals surface area contributed by atoms with Crippen LogP contribution >= 0.6 is 0 Å². The quantitative estimate of drug-likeness (QED) is 0.725. The molecule has 2 aromatic heterocycles. The lowest BCUT2D eigenvalue weighted by atomic mass is 9.75. The van der Waals surface area contributed by atoms with Crippen molar-refractivity contribution in [2.45, 2.75) is 38.4 Å². The Balaban J connectivity index is 1.32. The van der Waals surface area contributed by atoms with Gasteiger partial charge in [0.25, 0.3) is 0 Å². The normalized spacial score (nSPS) is 26.9. The van der Waals surface area contributed by atoms with E-state index in [0.717, 1.165) is 43.7 Å². The van der Waals surface area contributed by atoms with Crippen LogP contribution in [0, 0.1) is 11.8 Å². The number of fused-ring (bicyclic) bond motifs is 3. The van der Waals surface area contributed by atoms with Crippen molar-refractivity contribution in [3.05, 3.63) is 42.0 Å². The van der Waals surface area contributed by atoms with Crippen LogP contribution in [0.15, 0.2) is 30.7 Å². The number of rotatable bonds is 7. The number of aliphatic hydroxyl groups is 1. The predicted molar refractivity (Wildman–Crippen MR) is 98.5 cm³/mol. The molecule has 3 fully saturated rings. The fourth-order valence-corrected chi connectivity index (χ4v) is 4.32. The second-order valence-electron chi connectivity index (χ2n) is 7.52. The molecule has 0 spiro atoms. The zero-order valence-electron chi connectivity index (χ0n) is 15.4. The Morgan fingerprint density at radius 2 is 2.33 bits per heavy atom. The second kappa shape index (κ2) is 8.14. The van der Waals surface area contributed by atoms with Crippen molar-refractivity contribution in [1.82, 2.24) is 30.2 Å². The van der Waals surface area contributed by atoms with Crippen LogP contribution in [0.1, 0.15) is 24.1 Å². The van der Waals surface area contributed by atoms with Crippen LogP contribution in [0.2, 0.25) is 0 Å². The van der Waals surface area contributed by atoms with Gasteiger partial charge in [0.2, 0.25) is 5.91 Å². The van der Waals surface area contributed by atoms with E-state index in [4.69, 9.17) is 5.11 Å². The minimum Gasteiger partial charge on any atom is -0.396 e. The van der Waals surface area contributed by atoms with Gasteiger partial charge in [-0.25, -0.2) is 0 Å². The number of carbonyl (C=O) groups excluding carboxylic acids is 1. The van der Waals surface area contributed by atoms with Crippen LogP contribution in [0.3, 0.4) is 0 Å². The SMILES string of the molecule is O=C(NCc1cccnc1)[C@@H]1CN2CC[C@@H]1C[C@@H]2Cn1cc(CCO)nn1. The highest BCUT2D eigenvalue weighted by Gasteiger charge is 2.43. The summed E-state index contributed by atoms with van der Waals surface area (Å²) in [5.74, 6) is 0.639. The zero-order valence-corrected chi connectivity index (χ0v) is 15.4. The Hall–Kier alpha value is -2.32. The Morgan fingerprint density at radius 3 is 3.07 bits per heavy atom. The minimum absolute atomic E-state index is 0.0624. The Morgan fingerprint density at radius 1 is 1.41 bits per heavy atom. The van der Waals surface area contributed by atoms with Gasteiger partial charge in [0.1, 0.15) is 0 Å². The van der Waals surface area contributed by atoms with Crippen molar-refractivity contribution < 1.29 is 9.90 Å². The Kier molecular flexibility index (Phi) is 5.45. The number of pyridine rings is 1. The summed E-state index contributed by atoms with van der Waals surface area (Å²) in [4.78, 5) is 19.2. The molecule has 5 heterocycles. The van der Waals surface area contributed by atoms with Gasteiger partial charge in [-0.2, -0.15) is 0 Å². The van der Waals surface area contributed by atoms with Gasteiger partial charge in [-0.05, 0) is 36.9 Å². The second-order valence-corrected chi connectivity index (χ2v) is 7.52. The third-order valence-corrected chi connectivity index (χ3v) is 5.76. The van der Waals surface area contributed by atoms with Gasteiger partial charge < -0.3 is 10.4 Å². The van der Waals surface area contributed by atoms with Crippen molar-refractivity contribution in [3.8, 4) is 0 Å². The summed E-state index contributed by atoms with van der Waals surface area (Å²) in [7, 11) is 0. The number of aromatic nitrogens is 4. The zero-order chi connectivity index (χ0) is 18.6. The first kappa shape index (κ1) is 18.1. The number of amides is 1. The van der Waals surface area contributed by atoms with Crippen molar-refractivity contribution in [2.75, 3.05) is 19.7 Å². The molecule has 0 aliphatic carbocycles. The highest BCUT2D eigenvalue weighted by Crippen LogP contribution is 2.36. The molecule has 0 radical (unpaired) electrons. The molecule has 2 N–H and O–H groups in total. The maximum atomic E-state index is 12.7. The summed E-state index contributed by atoms with van der Waals surface area (Å²) in [5, 5.41) is 20.4. The summed E-state index contributed by atoms with van der Waals surface area (Å²) in [6.45, 7) is 3.27. The van der Waals surface area contributed by atoms with E-state index in [-0.39, 0.29) is 18.4 Å². The number of hydrogen-bond donors (Lipinski definition) is 2. The van der Waals surface area contributed by atoms with Crippen molar-refractivity contribution in [3.63, 3.8) is 0 Å². The van der Waals surface area contributed by atoms with Crippen LogP contribution in [-0.2, 0) is 24.3 Å². The number of hydrogen-bond acceptors (Lipinski definition) is 6. The molecule has 3 saturated heterocycles. The molecule has 0 aromatic carbocycles. The lowest BCUT2D eigenvalue weighted by molar-refractivity contribution is -0.133. The van der Waals surface area contributed by atoms with Crippen LogP contribution in [-0.4, -0.2) is 61.6 Å². The molecule has 1 unspecified atom stereocenters. The molecule has 1 amide bonds. The summed E-state index contributed by atoms with van der Waals surface area (Å²) < 4.78 is 1.87. The van der Waals surface area contributed by atoms with Crippen LogP contribution in [0.5, 0.6) is 0 Å². The molecule has 3 aliphatic heterocycles. The highest BCUT2D eigenvalue weighted by molar-refractivity contribution is 5.79. The van der Waals surface area contributed by atoms with Crippen LogP contribution in [0.4, 0.5) is 0 Å². The van der Waals surface area contributed by atoms with Gasteiger partial charge in [0.15, 0.2) is 0 Å². The molecular formula is C19H26N6O2. The highest BCUT2D eigenvalue weighted by atomic mass is 16.3. The number of aliphatic hydroxyl groups excluding tert-OH is 1. The standard InChI is InChI=1S/C19H26N6O2/c26-7-4-16-11-25(23-22-16)12-17-8-15-3-6-24(17)13-18(15)19(27)21-10-14-2-1-5-20-9-14/h1-2,5,9,11,15,17-18,26H,3-4,6-8,10,12-13H2,(H,21,27)/t15-,17-,18-/m1/s1. The summed E-state index contributed by atoms with van der Waals surface area (Å²) in [6, 6.07) is 4.26. The number of nitrogens with one attached hydrogen (secondary N) is 1. The van der Waals surface area contributed by atoms with E-state index in [2.05, 4.69) is 25.5 Å². The van der Waals surface area contributed by atoms with Gasteiger partial charge in [-0.1, -0.05) is 11.3 Å². The smallest absolute Gasteiger partial charge is 0.224 e. The van der Waals surface area contributed by atoms with E-state index < -0.39 is 0 Å². The fourth-order valence-electron chi connectivity index (χ4n) is 4.32. The number of carbonyl (C=O) groups is 1. The number of piperidine rings is 3. The van der Waals surface area contributed by atoms with Crippen molar-refractivity contribution in [1.29, 1.82) is 0 Å². The van der Waals surface area contributed by atoms with E-state index in [0.29, 0.717) is 24.9 Å². The first-order chi connectivity index (χ1) is 13.2. The van der Waals surface area contributed by atoms with Crippen LogP contribution < -0.4 is 5.32 Å². The summed E-state index contributed by atoms with van der Waals surface area (Å²) >= 11 is 0. The summed E-state index contributed by atoms with van der Waals surface area (Å²) in [6.07, 6.45) is 8.07. The Labute approximate surface area is 158 Å². The van der Waals surface area contributed by atoms with Gasteiger partial charge in [0, 0.05) is 50.7 Å². The maximum Gasteiger partial charge on any atom is 0.224 e. The fraction of sp³-hybridized carbons (Fsp3) is 0.579. The molecule has 5 rings (SSSR count). The molecule has 4 atom stereocenters. The van der Waals surface area contributed by atoms with Crippen molar-refractivity contribution >= 4 is 5.91 Å². The molecule has 3 aliphatic rings. The minimum atomic E-state index is 0.0624. The molecule has 27 heavy (non-hydrogen) atoms. The summed E-state index contributed by atoms with van der Waals surface area (Å²) in [5.41, 5.74) is 1.84. The van der Waals surface area contributed by atoms with Gasteiger partial charge >= 0.3 is 0 Å². The largest absolute Gasteiger partial charge is 0.396 e. The third-order valence-electron chi connectivity index (χ3n) is 5.76. The molecular weight excluding hydrogens is 344 g/mol. The van der Waals surface area contributed by atoms with E-state index >= 15 is 0 Å². The lowest BCUT2D eigenvalue weighted by Gasteiger charge is -2.49. The number of nitrogens with zero attached hydrogens (tertiary/aromatic N) is 5. The predicted octanol–water partition coefficient (Wildman–Crippen LogP) is 0.235. The lowest BCUT2D eigenvalue weighted by Crippen LogP contribution is -2.58. The molecule has 2 bridgehead atoms. The monoisotopic (exact) mass is 370 g/mol. The molecule has 144 valence electrons. The molecule has 8 heteroatoms. The average molecular weight is 370 g/mol. The first-order valence-corrected chi connectivity index (χ1v) is 9.63.